The Kier molecular flexibility index (Phi) is 3.68. The van der Waals surface area contributed by atoms with Crippen molar-refractivity contribution in [1.82, 2.24) is 0 Å². The van der Waals surface area contributed by atoms with E-state index >= 15 is 0 Å². The number of carbonyl (C=O) groups excluding carboxylic acids is 1. The Labute approximate surface area is 86.9 Å². The van der Waals surface area contributed by atoms with Crippen molar-refractivity contribution < 1.29 is 4.79 Å². The number of allylic oxidation sites excluding steroid dienone is 4. The number of rotatable bonds is 3. The fourth-order valence-corrected chi connectivity index (χ4v) is 2.38. The second-order valence-electron chi connectivity index (χ2n) is 4.83. The fraction of sp³-hybridized carbons (Fsp3) is 0.615. The van der Waals surface area contributed by atoms with Crippen LogP contribution in [0.1, 0.15) is 40.0 Å². The summed E-state index contributed by atoms with van der Waals surface area (Å²) in [6.45, 7) is 6.85. The van der Waals surface area contributed by atoms with Gasteiger partial charge >= 0.3 is 0 Å². The van der Waals surface area contributed by atoms with Crippen molar-refractivity contribution in [3.63, 3.8) is 0 Å². The zero-order chi connectivity index (χ0) is 10.6. The summed E-state index contributed by atoms with van der Waals surface area (Å²) >= 11 is 0. The van der Waals surface area contributed by atoms with Crippen LogP contribution < -0.4 is 0 Å². The van der Waals surface area contributed by atoms with Crippen molar-refractivity contribution >= 4 is 6.29 Å². The van der Waals surface area contributed by atoms with E-state index < -0.39 is 0 Å². The van der Waals surface area contributed by atoms with Crippen LogP contribution in [0.5, 0.6) is 0 Å². The Balaban J connectivity index is 2.70. The van der Waals surface area contributed by atoms with Gasteiger partial charge in [0, 0.05) is 0 Å². The third-order valence-electron chi connectivity index (χ3n) is 3.33. The van der Waals surface area contributed by atoms with Crippen LogP contribution in [0, 0.1) is 11.3 Å². The van der Waals surface area contributed by atoms with Crippen LogP contribution in [0.25, 0.3) is 0 Å². The SMILES string of the molecule is CC1=CCCC(C)(C)[C@@H]1C/C=C/C=O. The van der Waals surface area contributed by atoms with E-state index in [9.17, 15) is 4.79 Å². The highest BCUT2D eigenvalue weighted by molar-refractivity contribution is 5.64. The first-order valence-corrected chi connectivity index (χ1v) is 5.35. The van der Waals surface area contributed by atoms with E-state index in [0.29, 0.717) is 11.3 Å². The molecule has 0 amide bonds. The largest absolute Gasteiger partial charge is 0.299 e. The molecule has 0 saturated heterocycles. The summed E-state index contributed by atoms with van der Waals surface area (Å²) in [6.07, 6.45) is 10.2. The van der Waals surface area contributed by atoms with Crippen molar-refractivity contribution in [2.75, 3.05) is 0 Å². The van der Waals surface area contributed by atoms with Gasteiger partial charge in [-0.3, -0.25) is 4.79 Å². The van der Waals surface area contributed by atoms with Crippen molar-refractivity contribution in [1.29, 1.82) is 0 Å². The molecule has 1 nitrogen and oxygen atoms in total. The van der Waals surface area contributed by atoms with E-state index in [2.05, 4.69) is 26.8 Å². The number of aldehydes is 1. The van der Waals surface area contributed by atoms with E-state index in [0.717, 1.165) is 12.7 Å². The van der Waals surface area contributed by atoms with E-state index in [-0.39, 0.29) is 0 Å². The molecule has 0 N–H and O–H groups in total. The molecule has 0 bridgehead atoms. The lowest BCUT2D eigenvalue weighted by atomic mass is 9.67. The van der Waals surface area contributed by atoms with Gasteiger partial charge in [0.1, 0.15) is 6.29 Å². The summed E-state index contributed by atoms with van der Waals surface area (Å²) in [4.78, 5) is 10.2. The molecule has 1 rings (SSSR count). The van der Waals surface area contributed by atoms with Crippen LogP contribution in [0.3, 0.4) is 0 Å². The van der Waals surface area contributed by atoms with Gasteiger partial charge in [-0.25, -0.2) is 0 Å². The molecule has 1 aliphatic rings. The van der Waals surface area contributed by atoms with E-state index in [1.165, 1.54) is 18.4 Å². The zero-order valence-electron chi connectivity index (χ0n) is 9.42. The Morgan fingerprint density at radius 1 is 1.57 bits per heavy atom. The van der Waals surface area contributed by atoms with Crippen LogP contribution in [-0.4, -0.2) is 6.29 Å². The van der Waals surface area contributed by atoms with Gasteiger partial charge < -0.3 is 0 Å². The van der Waals surface area contributed by atoms with Crippen LogP contribution in [0.15, 0.2) is 23.8 Å². The van der Waals surface area contributed by atoms with Gasteiger partial charge in [-0.05, 0) is 43.6 Å². The maximum Gasteiger partial charge on any atom is 0.142 e. The molecule has 1 atom stereocenters. The van der Waals surface area contributed by atoms with Crippen molar-refractivity contribution in [2.45, 2.75) is 40.0 Å². The van der Waals surface area contributed by atoms with E-state index in [1.807, 2.05) is 6.08 Å². The Morgan fingerprint density at radius 2 is 2.29 bits per heavy atom. The molecule has 0 aromatic heterocycles. The molecule has 0 saturated carbocycles. The molecule has 0 aromatic carbocycles. The second kappa shape index (κ2) is 4.59. The molecule has 1 heteroatoms. The van der Waals surface area contributed by atoms with Crippen LogP contribution in [0.4, 0.5) is 0 Å². The third-order valence-corrected chi connectivity index (χ3v) is 3.33. The van der Waals surface area contributed by atoms with Crippen LogP contribution >= 0.6 is 0 Å². The predicted molar refractivity (Wildman–Crippen MR) is 60.1 cm³/mol. The normalized spacial score (nSPS) is 26.2. The first-order chi connectivity index (χ1) is 6.58. The fourth-order valence-electron chi connectivity index (χ4n) is 2.38. The number of carbonyl (C=O) groups is 1. The van der Waals surface area contributed by atoms with Gasteiger partial charge in [-0.2, -0.15) is 0 Å². The summed E-state index contributed by atoms with van der Waals surface area (Å²) in [6, 6.07) is 0. The quantitative estimate of drug-likeness (QED) is 0.380. The number of hydrogen-bond donors (Lipinski definition) is 0. The first kappa shape index (κ1) is 11.2. The molecule has 0 aromatic rings. The molecule has 0 spiro atoms. The third kappa shape index (κ3) is 2.57. The van der Waals surface area contributed by atoms with Crippen molar-refractivity contribution in [2.24, 2.45) is 11.3 Å². The molecule has 0 radical (unpaired) electrons. The predicted octanol–water partition coefficient (Wildman–Crippen LogP) is 3.51. The van der Waals surface area contributed by atoms with Gasteiger partial charge in [-0.1, -0.05) is 31.6 Å². The average molecular weight is 192 g/mol. The lowest BCUT2D eigenvalue weighted by Gasteiger charge is -2.38. The summed E-state index contributed by atoms with van der Waals surface area (Å²) in [5, 5.41) is 0. The number of hydrogen-bond acceptors (Lipinski definition) is 1. The molecule has 1 aliphatic carbocycles. The standard InChI is InChI=1S/C13H20O/c1-11-7-6-9-13(2,3)12(11)8-4-5-10-14/h4-5,7,10,12H,6,8-9H2,1-3H3/b5-4+/t12-/m1/s1. The molecule has 14 heavy (non-hydrogen) atoms. The Bertz CT molecular complexity index is 258. The second-order valence-corrected chi connectivity index (χ2v) is 4.83. The van der Waals surface area contributed by atoms with Crippen molar-refractivity contribution in [3.05, 3.63) is 23.8 Å². The molecule has 0 aliphatic heterocycles. The minimum absolute atomic E-state index is 0.381. The molecule has 78 valence electrons. The first-order valence-electron chi connectivity index (χ1n) is 5.35. The average Bonchev–Trinajstić information content (AvgIpc) is 2.09. The van der Waals surface area contributed by atoms with Gasteiger partial charge in [0.2, 0.25) is 0 Å². The highest BCUT2D eigenvalue weighted by Crippen LogP contribution is 2.42. The summed E-state index contributed by atoms with van der Waals surface area (Å²) in [5.41, 5.74) is 1.86. The van der Waals surface area contributed by atoms with Gasteiger partial charge in [0.25, 0.3) is 0 Å². The lowest BCUT2D eigenvalue weighted by molar-refractivity contribution is -0.104. The molecular formula is C13H20O. The molecule has 0 fully saturated rings. The lowest BCUT2D eigenvalue weighted by Crippen LogP contribution is -2.27. The highest BCUT2D eigenvalue weighted by Gasteiger charge is 2.31. The van der Waals surface area contributed by atoms with Crippen molar-refractivity contribution in [3.8, 4) is 0 Å². The molecular weight excluding hydrogens is 172 g/mol. The van der Waals surface area contributed by atoms with Gasteiger partial charge in [0.05, 0.1) is 0 Å². The Morgan fingerprint density at radius 3 is 2.86 bits per heavy atom. The Hall–Kier alpha value is -0.850. The summed E-state index contributed by atoms with van der Waals surface area (Å²) in [5.74, 6) is 0.604. The van der Waals surface area contributed by atoms with Crippen LogP contribution in [-0.2, 0) is 4.79 Å². The maximum absolute atomic E-state index is 10.2. The maximum atomic E-state index is 10.2. The van der Waals surface area contributed by atoms with Crippen LogP contribution in [0.2, 0.25) is 0 Å². The minimum atomic E-state index is 0.381. The summed E-state index contributed by atoms with van der Waals surface area (Å²) in [7, 11) is 0. The topological polar surface area (TPSA) is 17.1 Å². The summed E-state index contributed by atoms with van der Waals surface area (Å²) < 4.78 is 0. The minimum Gasteiger partial charge on any atom is -0.299 e. The van der Waals surface area contributed by atoms with Gasteiger partial charge in [0.15, 0.2) is 0 Å². The molecule has 0 heterocycles. The highest BCUT2D eigenvalue weighted by atomic mass is 16.1. The zero-order valence-corrected chi connectivity index (χ0v) is 9.42. The van der Waals surface area contributed by atoms with E-state index in [4.69, 9.17) is 0 Å². The van der Waals surface area contributed by atoms with Gasteiger partial charge in [-0.15, -0.1) is 0 Å². The smallest absolute Gasteiger partial charge is 0.142 e. The molecule has 0 unspecified atom stereocenters. The monoisotopic (exact) mass is 192 g/mol. The van der Waals surface area contributed by atoms with E-state index in [1.54, 1.807) is 6.08 Å².